The molecule has 0 saturated heterocycles. The van der Waals surface area contributed by atoms with Crippen LogP contribution in [0.4, 0.5) is 0 Å². The number of rotatable bonds is 8. The molecule has 2 bridgehead atoms. The van der Waals surface area contributed by atoms with Gasteiger partial charge >= 0.3 is 0 Å². The Bertz CT molecular complexity index is 1080. The van der Waals surface area contributed by atoms with E-state index < -0.39 is 0 Å². The smallest absolute Gasteiger partial charge is 0.258 e. The summed E-state index contributed by atoms with van der Waals surface area (Å²) in [6.07, 6.45) is 2.35. The summed E-state index contributed by atoms with van der Waals surface area (Å²) in [7, 11) is 0. The fraction of sp³-hybridized carbons (Fsp3) is 0.318. The lowest BCUT2D eigenvalue weighted by molar-refractivity contribution is -0.143. The topological polar surface area (TPSA) is 86.5 Å². The van der Waals surface area contributed by atoms with Gasteiger partial charge in [-0.1, -0.05) is 23.2 Å². The highest BCUT2D eigenvalue weighted by atomic mass is 35.5. The molecule has 0 spiro atoms. The molecule has 1 amide bonds. The van der Waals surface area contributed by atoms with E-state index in [1.807, 2.05) is 0 Å². The van der Waals surface area contributed by atoms with E-state index in [4.69, 9.17) is 37.1 Å². The SMILES string of the molecule is O=C(COc1ccc(Cl)cc1)NC12CC(c3nnc(COc4ccc(Cl)cc4)o3)(C1)C2. The van der Waals surface area contributed by atoms with Gasteiger partial charge in [0, 0.05) is 15.6 Å². The first-order valence-corrected chi connectivity index (χ1v) is 10.6. The summed E-state index contributed by atoms with van der Waals surface area (Å²) in [5, 5.41) is 12.6. The van der Waals surface area contributed by atoms with Crippen LogP contribution in [-0.2, 0) is 16.8 Å². The Kier molecular flexibility index (Phi) is 5.02. The Balaban J connectivity index is 1.09. The first-order chi connectivity index (χ1) is 14.9. The van der Waals surface area contributed by atoms with Crippen molar-refractivity contribution >= 4 is 29.1 Å². The summed E-state index contributed by atoms with van der Waals surface area (Å²) in [4.78, 5) is 12.3. The van der Waals surface area contributed by atoms with Gasteiger partial charge in [0.2, 0.25) is 5.89 Å². The van der Waals surface area contributed by atoms with E-state index in [2.05, 4.69) is 15.5 Å². The van der Waals surface area contributed by atoms with Crippen LogP contribution >= 0.6 is 23.2 Å². The zero-order chi connectivity index (χ0) is 21.5. The molecular formula is C22H19Cl2N3O4. The number of nitrogens with one attached hydrogen (secondary N) is 1. The number of hydrogen-bond acceptors (Lipinski definition) is 6. The van der Waals surface area contributed by atoms with Crippen molar-refractivity contribution < 1.29 is 18.7 Å². The zero-order valence-corrected chi connectivity index (χ0v) is 17.9. The highest BCUT2D eigenvalue weighted by Gasteiger charge is 2.71. The van der Waals surface area contributed by atoms with E-state index in [-0.39, 0.29) is 30.1 Å². The highest BCUT2D eigenvalue weighted by molar-refractivity contribution is 6.30. The monoisotopic (exact) mass is 459 g/mol. The lowest BCUT2D eigenvalue weighted by Crippen LogP contribution is -2.77. The molecule has 0 unspecified atom stereocenters. The molecule has 31 heavy (non-hydrogen) atoms. The minimum absolute atomic E-state index is 0.0386. The molecule has 3 saturated carbocycles. The van der Waals surface area contributed by atoms with E-state index in [1.54, 1.807) is 48.5 Å². The van der Waals surface area contributed by atoms with Gasteiger partial charge in [-0.25, -0.2) is 0 Å². The minimum atomic E-state index is -0.200. The Morgan fingerprint density at radius 2 is 1.52 bits per heavy atom. The maximum absolute atomic E-state index is 12.3. The van der Waals surface area contributed by atoms with Gasteiger partial charge in [0.05, 0.1) is 5.41 Å². The number of carbonyl (C=O) groups is 1. The molecule has 2 aromatic carbocycles. The highest BCUT2D eigenvalue weighted by Crippen LogP contribution is 2.67. The van der Waals surface area contributed by atoms with Gasteiger partial charge in [0.1, 0.15) is 11.5 Å². The number of ether oxygens (including phenoxy) is 2. The summed E-state index contributed by atoms with van der Waals surface area (Å²) in [6, 6.07) is 14.0. The average Bonchev–Trinajstić information content (AvgIpc) is 3.17. The van der Waals surface area contributed by atoms with Crippen molar-refractivity contribution in [2.45, 2.75) is 36.8 Å². The molecule has 9 heteroatoms. The van der Waals surface area contributed by atoms with Gasteiger partial charge in [-0.15, -0.1) is 10.2 Å². The number of hydrogen-bond donors (Lipinski definition) is 1. The van der Waals surface area contributed by atoms with Gasteiger partial charge in [0.15, 0.2) is 13.2 Å². The molecule has 0 radical (unpaired) electrons. The molecule has 6 rings (SSSR count). The van der Waals surface area contributed by atoms with Crippen LogP contribution < -0.4 is 14.8 Å². The second kappa shape index (κ2) is 7.73. The first kappa shape index (κ1) is 20.2. The molecule has 1 heterocycles. The maximum Gasteiger partial charge on any atom is 0.258 e. The molecule has 3 fully saturated rings. The third-order valence-electron chi connectivity index (χ3n) is 5.71. The summed E-state index contributed by atoms with van der Waals surface area (Å²) in [5.41, 5.74) is -0.343. The Hall–Kier alpha value is -2.77. The average molecular weight is 460 g/mol. The van der Waals surface area contributed by atoms with Crippen molar-refractivity contribution in [3.63, 3.8) is 0 Å². The van der Waals surface area contributed by atoms with Crippen LogP contribution in [-0.4, -0.2) is 28.3 Å². The van der Waals surface area contributed by atoms with Crippen molar-refractivity contribution in [2.75, 3.05) is 6.61 Å². The molecule has 3 aromatic rings. The van der Waals surface area contributed by atoms with Crippen LogP contribution in [0.15, 0.2) is 52.9 Å². The van der Waals surface area contributed by atoms with Gasteiger partial charge < -0.3 is 19.2 Å². The Morgan fingerprint density at radius 3 is 2.13 bits per heavy atom. The standard InChI is InChI=1S/C22H19Cl2N3O4/c23-14-1-5-16(6-2-14)29-9-18(28)25-22-11-21(12-22,13-22)20-27-26-19(31-20)10-30-17-7-3-15(24)4-8-17/h1-8H,9-13H2,(H,25,28). The fourth-order valence-corrected chi connectivity index (χ4v) is 4.61. The number of amides is 1. The van der Waals surface area contributed by atoms with Crippen molar-refractivity contribution in [2.24, 2.45) is 0 Å². The van der Waals surface area contributed by atoms with Crippen molar-refractivity contribution in [3.8, 4) is 11.5 Å². The third-order valence-corrected chi connectivity index (χ3v) is 6.22. The number of halogens is 2. The minimum Gasteiger partial charge on any atom is -0.484 e. The molecular weight excluding hydrogens is 441 g/mol. The predicted molar refractivity (Wildman–Crippen MR) is 113 cm³/mol. The number of carbonyl (C=O) groups excluding carboxylic acids is 1. The number of benzene rings is 2. The zero-order valence-electron chi connectivity index (χ0n) is 16.4. The van der Waals surface area contributed by atoms with E-state index in [0.29, 0.717) is 33.3 Å². The quantitative estimate of drug-likeness (QED) is 0.539. The predicted octanol–water partition coefficient (Wildman–Crippen LogP) is 4.32. The van der Waals surface area contributed by atoms with E-state index in [0.717, 1.165) is 19.3 Å². The molecule has 1 aromatic heterocycles. The Morgan fingerprint density at radius 1 is 0.935 bits per heavy atom. The number of aromatic nitrogens is 2. The lowest BCUT2D eigenvalue weighted by Gasteiger charge is -2.68. The summed E-state index contributed by atoms with van der Waals surface area (Å²) in [6.45, 7) is 0.151. The summed E-state index contributed by atoms with van der Waals surface area (Å²) < 4.78 is 17.0. The lowest BCUT2D eigenvalue weighted by atomic mass is 9.39. The van der Waals surface area contributed by atoms with E-state index in [1.165, 1.54) is 0 Å². The van der Waals surface area contributed by atoms with Gasteiger partial charge in [-0.2, -0.15) is 0 Å². The maximum atomic E-state index is 12.3. The largest absolute Gasteiger partial charge is 0.484 e. The second-order valence-electron chi connectivity index (χ2n) is 8.13. The molecule has 0 aliphatic heterocycles. The fourth-order valence-electron chi connectivity index (χ4n) is 4.36. The molecule has 3 aliphatic rings. The van der Waals surface area contributed by atoms with Crippen LogP contribution in [0.25, 0.3) is 0 Å². The van der Waals surface area contributed by atoms with Crippen LogP contribution in [0.1, 0.15) is 31.0 Å². The van der Waals surface area contributed by atoms with Gasteiger partial charge in [0.25, 0.3) is 11.8 Å². The molecule has 0 atom stereocenters. The normalized spacial score (nSPS) is 23.4. The first-order valence-electron chi connectivity index (χ1n) is 9.84. The van der Waals surface area contributed by atoms with E-state index in [9.17, 15) is 4.79 Å². The Labute approximate surface area is 188 Å². The molecule has 160 valence electrons. The number of nitrogens with zero attached hydrogens (tertiary/aromatic N) is 2. The molecule has 1 N–H and O–H groups in total. The van der Waals surface area contributed by atoms with Gasteiger partial charge in [-0.05, 0) is 67.8 Å². The molecule has 3 aliphatic carbocycles. The molecule has 7 nitrogen and oxygen atoms in total. The summed E-state index contributed by atoms with van der Waals surface area (Å²) >= 11 is 11.7. The van der Waals surface area contributed by atoms with E-state index >= 15 is 0 Å². The van der Waals surface area contributed by atoms with Gasteiger partial charge in [-0.3, -0.25) is 4.79 Å². The van der Waals surface area contributed by atoms with Crippen molar-refractivity contribution in [1.29, 1.82) is 0 Å². The third kappa shape index (κ3) is 4.07. The van der Waals surface area contributed by atoms with Crippen molar-refractivity contribution in [3.05, 3.63) is 70.4 Å². The van der Waals surface area contributed by atoms with Crippen LogP contribution in [0.5, 0.6) is 11.5 Å². The summed E-state index contributed by atoms with van der Waals surface area (Å²) in [5.74, 6) is 2.16. The van der Waals surface area contributed by atoms with Crippen molar-refractivity contribution in [1.82, 2.24) is 15.5 Å². The van der Waals surface area contributed by atoms with Crippen LogP contribution in [0, 0.1) is 0 Å². The second-order valence-corrected chi connectivity index (χ2v) is 9.00. The van der Waals surface area contributed by atoms with Crippen LogP contribution in [0.2, 0.25) is 10.0 Å². The van der Waals surface area contributed by atoms with Crippen LogP contribution in [0.3, 0.4) is 0 Å².